The molecule has 0 unspecified atom stereocenters. The largest absolute Gasteiger partial charge is 0.462 e. The molecule has 0 aromatic heterocycles. The lowest BCUT2D eigenvalue weighted by Gasteiger charge is -2.46. The first-order valence-corrected chi connectivity index (χ1v) is 13.7. The molecule has 0 spiro atoms. The second kappa shape index (κ2) is 10.8. The average molecular weight is 504 g/mol. The molecule has 0 atom stereocenters. The fourth-order valence-corrected chi connectivity index (χ4v) is 7.07. The fourth-order valence-electron chi connectivity index (χ4n) is 4.40. The van der Waals surface area contributed by atoms with Crippen LogP contribution in [0.1, 0.15) is 71.4 Å². The molecule has 2 aliphatic rings. The Morgan fingerprint density at radius 2 is 1.82 bits per heavy atom. The maximum atomic E-state index is 13.9. The molecule has 0 saturated heterocycles. The number of ether oxygens (including phenoxy) is 1. The third-order valence-electron chi connectivity index (χ3n) is 6.00. The summed E-state index contributed by atoms with van der Waals surface area (Å²) in [6.07, 6.45) is 3.70. The first-order valence-electron chi connectivity index (χ1n) is 11.6. The topological polar surface area (TPSA) is 46.6 Å². The predicted octanol–water partition coefficient (Wildman–Crippen LogP) is 7.26. The number of thiocarbonyl (C=S) groups is 1. The van der Waals surface area contributed by atoms with Crippen LogP contribution in [0.4, 0.5) is 5.69 Å². The van der Waals surface area contributed by atoms with Crippen molar-refractivity contribution < 1.29 is 14.3 Å². The molecular formula is C26H33NO3S3. The van der Waals surface area contributed by atoms with E-state index in [-0.39, 0.29) is 17.8 Å². The molecule has 1 amide bonds. The van der Waals surface area contributed by atoms with Gasteiger partial charge in [-0.15, -0.1) is 0 Å². The van der Waals surface area contributed by atoms with Crippen LogP contribution in [0.2, 0.25) is 0 Å². The van der Waals surface area contributed by atoms with Crippen molar-refractivity contribution in [1.82, 2.24) is 0 Å². The molecule has 0 aliphatic carbocycles. The maximum absolute atomic E-state index is 13.9. The fraction of sp³-hybridized carbons (Fsp3) is 0.500. The maximum Gasteiger partial charge on any atom is 0.345 e. The van der Waals surface area contributed by atoms with E-state index in [1.807, 2.05) is 37.1 Å². The van der Waals surface area contributed by atoms with Crippen LogP contribution in [0.3, 0.4) is 0 Å². The highest BCUT2D eigenvalue weighted by atomic mass is 32.2. The van der Waals surface area contributed by atoms with Gasteiger partial charge in [0.2, 0.25) is 5.91 Å². The number of benzene rings is 1. The number of hydrogen-bond donors (Lipinski definition) is 0. The number of rotatable bonds is 7. The van der Waals surface area contributed by atoms with Crippen molar-refractivity contribution >= 4 is 63.7 Å². The molecule has 7 heteroatoms. The van der Waals surface area contributed by atoms with Gasteiger partial charge < -0.3 is 9.64 Å². The minimum absolute atomic E-state index is 0.0160. The summed E-state index contributed by atoms with van der Waals surface area (Å²) in [4.78, 5) is 29.4. The van der Waals surface area contributed by atoms with Crippen molar-refractivity contribution in [2.24, 2.45) is 5.92 Å². The monoisotopic (exact) mass is 503 g/mol. The van der Waals surface area contributed by atoms with Gasteiger partial charge in [-0.3, -0.25) is 4.79 Å². The molecule has 0 bridgehead atoms. The van der Waals surface area contributed by atoms with Crippen LogP contribution in [-0.2, 0) is 14.3 Å². The van der Waals surface area contributed by atoms with Crippen molar-refractivity contribution in [2.75, 3.05) is 11.5 Å². The second-order valence-corrected chi connectivity index (χ2v) is 11.5. The van der Waals surface area contributed by atoms with Gasteiger partial charge >= 0.3 is 5.97 Å². The van der Waals surface area contributed by atoms with Gasteiger partial charge in [0.1, 0.15) is 4.91 Å². The molecule has 1 aromatic rings. The summed E-state index contributed by atoms with van der Waals surface area (Å²) in [7, 11) is 0. The van der Waals surface area contributed by atoms with Gasteiger partial charge in [0.05, 0.1) is 26.9 Å². The molecule has 1 aromatic carbocycles. The van der Waals surface area contributed by atoms with Crippen molar-refractivity contribution in [3.8, 4) is 0 Å². The van der Waals surface area contributed by atoms with E-state index in [4.69, 9.17) is 17.0 Å². The van der Waals surface area contributed by atoms with Gasteiger partial charge in [-0.1, -0.05) is 74.1 Å². The highest BCUT2D eigenvalue weighted by molar-refractivity contribution is 8.28. The molecular weight excluding hydrogens is 470 g/mol. The summed E-state index contributed by atoms with van der Waals surface area (Å²) in [6, 6.07) is 6.21. The first kappa shape index (κ1) is 26.0. The number of fused-ring (bicyclic) bond motifs is 1. The predicted molar refractivity (Wildman–Crippen MR) is 145 cm³/mol. The Kier molecular flexibility index (Phi) is 8.51. The minimum Gasteiger partial charge on any atom is -0.462 e. The number of anilines is 1. The molecule has 178 valence electrons. The van der Waals surface area contributed by atoms with E-state index in [0.29, 0.717) is 11.5 Å². The normalized spacial score (nSPS) is 19.5. The number of aryl methyl sites for hydroxylation is 1. The van der Waals surface area contributed by atoms with E-state index < -0.39 is 5.54 Å². The molecule has 0 N–H and O–H groups in total. The number of thioether (sulfide) groups is 2. The number of hydrogen-bond acceptors (Lipinski definition) is 6. The van der Waals surface area contributed by atoms with Crippen LogP contribution in [0.25, 0.3) is 5.57 Å². The van der Waals surface area contributed by atoms with Gasteiger partial charge in [-0.2, -0.15) is 0 Å². The smallest absolute Gasteiger partial charge is 0.345 e. The van der Waals surface area contributed by atoms with Crippen LogP contribution in [-0.4, -0.2) is 28.9 Å². The molecule has 0 fully saturated rings. The summed E-state index contributed by atoms with van der Waals surface area (Å²) in [5, 5.41) is 1.84. The number of nitrogens with zero attached hydrogens (tertiary/aromatic N) is 1. The molecule has 2 heterocycles. The zero-order valence-corrected chi connectivity index (χ0v) is 22.8. The van der Waals surface area contributed by atoms with E-state index in [2.05, 4.69) is 26.0 Å². The Balaban J connectivity index is 2.12. The van der Waals surface area contributed by atoms with Gasteiger partial charge in [0, 0.05) is 17.1 Å². The third kappa shape index (κ3) is 5.10. The SMILES string of the molecule is CCCC(CCC)C(=O)N1c2ccc(C)cc2/C(=C2/SC=C(C(=O)OCC)S2)C(=S)C1(C)C. The summed E-state index contributed by atoms with van der Waals surface area (Å²) in [5.41, 5.74) is 3.25. The van der Waals surface area contributed by atoms with Gasteiger partial charge in [-0.05, 0) is 58.1 Å². The van der Waals surface area contributed by atoms with E-state index in [1.165, 1.54) is 23.5 Å². The second-order valence-electron chi connectivity index (χ2n) is 8.94. The Bertz CT molecular complexity index is 1020. The summed E-state index contributed by atoms with van der Waals surface area (Å²) >= 11 is 8.98. The number of amides is 1. The van der Waals surface area contributed by atoms with Crippen LogP contribution in [0, 0.1) is 12.8 Å². The summed E-state index contributed by atoms with van der Waals surface area (Å²) < 4.78 is 6.16. The number of esters is 1. The zero-order chi connectivity index (χ0) is 24.3. The minimum atomic E-state index is -0.662. The summed E-state index contributed by atoms with van der Waals surface area (Å²) in [6.45, 7) is 12.5. The molecule has 3 rings (SSSR count). The Morgan fingerprint density at radius 1 is 1.15 bits per heavy atom. The van der Waals surface area contributed by atoms with E-state index in [9.17, 15) is 9.59 Å². The number of carbonyl (C=O) groups excluding carboxylic acids is 2. The van der Waals surface area contributed by atoms with E-state index >= 15 is 0 Å². The summed E-state index contributed by atoms with van der Waals surface area (Å²) in [5.74, 6) is -0.176. The van der Waals surface area contributed by atoms with Crippen molar-refractivity contribution in [3.05, 3.63) is 43.9 Å². The Hall–Kier alpha value is -1.57. The van der Waals surface area contributed by atoms with Crippen molar-refractivity contribution in [2.45, 2.75) is 72.8 Å². The zero-order valence-electron chi connectivity index (χ0n) is 20.3. The Labute approximate surface area is 211 Å². The van der Waals surface area contributed by atoms with Crippen LogP contribution in [0.5, 0.6) is 0 Å². The van der Waals surface area contributed by atoms with Crippen LogP contribution < -0.4 is 4.90 Å². The first-order chi connectivity index (χ1) is 15.7. The van der Waals surface area contributed by atoms with Crippen LogP contribution >= 0.6 is 35.7 Å². The van der Waals surface area contributed by atoms with Crippen molar-refractivity contribution in [1.29, 1.82) is 0 Å². The highest BCUT2D eigenvalue weighted by Gasteiger charge is 2.46. The lowest BCUT2D eigenvalue weighted by molar-refractivity contribution is -0.137. The molecule has 0 saturated carbocycles. The van der Waals surface area contributed by atoms with Crippen molar-refractivity contribution in [3.63, 3.8) is 0 Å². The standard InChI is InChI=1S/C26H33NO3S3/c1-7-10-17(11-8-2)23(28)27-19-13-12-16(4)14-18(19)21(22(31)26(27,5)6)25-32-15-20(33-25)24(29)30-9-3/h12-15,17H,7-11H2,1-6H3/b25-21+. The van der Waals surface area contributed by atoms with Gasteiger partial charge in [-0.25, -0.2) is 4.79 Å². The highest BCUT2D eigenvalue weighted by Crippen LogP contribution is 2.53. The van der Waals surface area contributed by atoms with E-state index in [1.54, 1.807) is 6.92 Å². The third-order valence-corrected chi connectivity index (χ3v) is 9.06. The van der Waals surface area contributed by atoms with Gasteiger partial charge in [0.15, 0.2) is 0 Å². The molecule has 2 aliphatic heterocycles. The molecule has 4 nitrogen and oxygen atoms in total. The van der Waals surface area contributed by atoms with Crippen LogP contribution in [0.15, 0.2) is 32.7 Å². The lowest BCUT2D eigenvalue weighted by Crippen LogP contribution is -2.57. The quantitative estimate of drug-likeness (QED) is 0.222. The molecule has 0 radical (unpaired) electrons. The Morgan fingerprint density at radius 3 is 2.42 bits per heavy atom. The average Bonchev–Trinajstić information content (AvgIpc) is 3.24. The molecule has 33 heavy (non-hydrogen) atoms. The van der Waals surface area contributed by atoms with Gasteiger partial charge in [0.25, 0.3) is 0 Å². The number of carbonyl (C=O) groups is 2. The lowest BCUT2D eigenvalue weighted by atomic mass is 9.81. The van der Waals surface area contributed by atoms with E-state index in [0.717, 1.165) is 57.2 Å².